The lowest BCUT2D eigenvalue weighted by Crippen LogP contribution is -2.33. The van der Waals surface area contributed by atoms with E-state index in [9.17, 15) is 0 Å². The second kappa shape index (κ2) is 14.9. The summed E-state index contributed by atoms with van der Waals surface area (Å²) >= 11 is 0. The highest BCUT2D eigenvalue weighted by atomic mass is 16.7. The van der Waals surface area contributed by atoms with Crippen LogP contribution in [-0.2, 0) is 16.2 Å². The SMILES string of the molecule is C=[N+]([CH-]c1cc(C(C)(C)C)cc(C)c1OCOc1c([CH-][N+](=C)C2CCCCC2C)cc(C(C)(C)C)cc1C(C)(C)C)C1CCCCC1C. The van der Waals surface area contributed by atoms with E-state index in [2.05, 4.69) is 143 Å². The molecule has 4 nitrogen and oxygen atoms in total. The van der Waals surface area contributed by atoms with Gasteiger partial charge in [-0.25, -0.2) is 0 Å². The highest BCUT2D eigenvalue weighted by molar-refractivity contribution is 5.52. The number of rotatable bonds is 10. The van der Waals surface area contributed by atoms with Gasteiger partial charge in [-0.1, -0.05) is 118 Å². The van der Waals surface area contributed by atoms with Crippen molar-refractivity contribution in [1.29, 1.82) is 0 Å². The maximum Gasteiger partial charge on any atom is 0.210 e. The van der Waals surface area contributed by atoms with E-state index < -0.39 is 0 Å². The number of hydrogen-bond donors (Lipinski definition) is 0. The highest BCUT2D eigenvalue weighted by Gasteiger charge is 2.31. The fourth-order valence-corrected chi connectivity index (χ4v) is 7.70. The number of hydrogen-bond acceptors (Lipinski definition) is 2. The van der Waals surface area contributed by atoms with Crippen LogP contribution in [0.1, 0.15) is 161 Å². The van der Waals surface area contributed by atoms with E-state index in [-0.39, 0.29) is 23.0 Å². The summed E-state index contributed by atoms with van der Waals surface area (Å²) in [7, 11) is 0. The van der Waals surface area contributed by atoms with E-state index in [1.54, 1.807) is 0 Å². The largest absolute Gasteiger partial charge is 0.503 e. The Hall–Kier alpha value is -2.88. The Morgan fingerprint density at radius 2 is 1.04 bits per heavy atom. The molecule has 0 aliphatic heterocycles. The van der Waals surface area contributed by atoms with E-state index >= 15 is 0 Å². The Balaban J connectivity index is 1.69. The van der Waals surface area contributed by atoms with E-state index in [0.29, 0.717) is 23.9 Å². The monoisotopic (exact) mass is 657 g/mol. The summed E-state index contributed by atoms with van der Waals surface area (Å²) in [5.41, 5.74) is 6.93. The van der Waals surface area contributed by atoms with Crippen LogP contribution in [0.3, 0.4) is 0 Å². The van der Waals surface area contributed by atoms with E-state index in [4.69, 9.17) is 9.47 Å². The Labute approximate surface area is 295 Å². The zero-order valence-electron chi connectivity index (χ0n) is 32.8. The predicted molar refractivity (Wildman–Crippen MR) is 204 cm³/mol. The van der Waals surface area contributed by atoms with Crippen LogP contribution in [0, 0.1) is 31.8 Å². The first kappa shape index (κ1) is 37.9. The van der Waals surface area contributed by atoms with Gasteiger partial charge in [0.05, 0.1) is 38.0 Å². The Kier molecular flexibility index (Phi) is 11.8. The number of nitrogens with zero attached hydrogens (tertiary/aromatic N) is 2. The van der Waals surface area contributed by atoms with Crippen molar-refractivity contribution in [3.05, 3.63) is 70.7 Å². The van der Waals surface area contributed by atoms with Crippen LogP contribution in [0.4, 0.5) is 0 Å². The maximum atomic E-state index is 6.78. The van der Waals surface area contributed by atoms with Gasteiger partial charge in [0, 0.05) is 24.7 Å². The molecule has 0 bridgehead atoms. The van der Waals surface area contributed by atoms with Gasteiger partial charge in [0.25, 0.3) is 0 Å². The standard InChI is InChI=1S/C44H68N2O2/c1-30-19-15-17-21-38(30)45(13)27-33-24-35(42(4,5)6)23-32(3)40(33)47-29-48-41-34(28-46(14)39-22-18-16-20-31(39)2)25-36(43(7,8)9)26-37(41)44(10,11)12/h23-28,30-31,38-39H,13-22,29H2,1-12H3. The van der Waals surface area contributed by atoms with Gasteiger partial charge in [-0.3, -0.25) is 9.15 Å². The Bertz CT molecular complexity index is 1450. The topological polar surface area (TPSA) is 24.5 Å². The van der Waals surface area contributed by atoms with Crippen LogP contribution in [0.15, 0.2) is 24.3 Å². The third kappa shape index (κ3) is 9.21. The first-order valence-electron chi connectivity index (χ1n) is 18.7. The van der Waals surface area contributed by atoms with Gasteiger partial charge in [-0.15, -0.1) is 12.1 Å². The molecular weight excluding hydrogens is 588 g/mol. The molecule has 0 spiro atoms. The highest BCUT2D eigenvalue weighted by Crippen LogP contribution is 2.41. The molecule has 0 aromatic heterocycles. The van der Waals surface area contributed by atoms with Crippen molar-refractivity contribution in [2.75, 3.05) is 6.79 Å². The summed E-state index contributed by atoms with van der Waals surface area (Å²) in [6.45, 7) is 41.0. The minimum absolute atomic E-state index is 0.00566. The van der Waals surface area contributed by atoms with Crippen molar-refractivity contribution >= 4 is 13.4 Å². The zero-order valence-corrected chi connectivity index (χ0v) is 32.8. The van der Waals surface area contributed by atoms with Gasteiger partial charge in [0.2, 0.25) is 6.79 Å². The molecule has 2 fully saturated rings. The van der Waals surface area contributed by atoms with Crippen LogP contribution < -0.4 is 9.47 Å². The molecule has 4 heteroatoms. The minimum atomic E-state index is -0.127. The summed E-state index contributed by atoms with van der Waals surface area (Å²) in [5.74, 6) is 2.99. The predicted octanol–water partition coefficient (Wildman–Crippen LogP) is 10.9. The van der Waals surface area contributed by atoms with Gasteiger partial charge >= 0.3 is 0 Å². The summed E-state index contributed by atoms with van der Waals surface area (Å²) < 4.78 is 17.8. The molecule has 4 atom stereocenters. The third-order valence-electron chi connectivity index (χ3n) is 11.0. The van der Waals surface area contributed by atoms with Gasteiger partial charge in [0.15, 0.2) is 0 Å². The quantitative estimate of drug-likeness (QED) is 0.110. The van der Waals surface area contributed by atoms with E-state index in [1.165, 1.54) is 68.1 Å². The molecule has 0 N–H and O–H groups in total. The van der Waals surface area contributed by atoms with Gasteiger partial charge < -0.3 is 9.47 Å². The van der Waals surface area contributed by atoms with Crippen molar-refractivity contribution in [1.82, 2.24) is 0 Å². The Morgan fingerprint density at radius 3 is 1.48 bits per heavy atom. The molecule has 0 radical (unpaired) electrons. The molecule has 48 heavy (non-hydrogen) atoms. The van der Waals surface area contributed by atoms with Crippen LogP contribution in [0.25, 0.3) is 0 Å². The summed E-state index contributed by atoms with van der Waals surface area (Å²) in [6.07, 6.45) is 10.0. The van der Waals surface area contributed by atoms with Gasteiger partial charge in [0.1, 0.15) is 12.1 Å². The fraction of sp³-hybridized carbons (Fsp3) is 0.636. The van der Waals surface area contributed by atoms with Crippen LogP contribution >= 0.6 is 0 Å². The van der Waals surface area contributed by atoms with Crippen molar-refractivity contribution in [3.8, 4) is 11.5 Å². The third-order valence-corrected chi connectivity index (χ3v) is 11.0. The molecule has 0 amide bonds. The Morgan fingerprint density at radius 1 is 0.625 bits per heavy atom. The van der Waals surface area contributed by atoms with Crippen LogP contribution in [0.2, 0.25) is 0 Å². The van der Waals surface area contributed by atoms with Gasteiger partial charge in [-0.05, 0) is 65.5 Å². The van der Waals surface area contributed by atoms with Gasteiger partial charge in [-0.2, -0.15) is 0 Å². The molecule has 0 saturated heterocycles. The van der Waals surface area contributed by atoms with Crippen LogP contribution in [0.5, 0.6) is 11.5 Å². The lowest BCUT2D eigenvalue weighted by molar-refractivity contribution is -0.528. The molecule has 4 unspecified atom stereocenters. The van der Waals surface area contributed by atoms with Crippen molar-refractivity contribution in [3.63, 3.8) is 0 Å². The molecule has 2 aromatic rings. The molecule has 2 aliphatic rings. The normalized spacial score (nSPS) is 22.2. The molecule has 2 saturated carbocycles. The molecule has 2 aliphatic carbocycles. The lowest BCUT2D eigenvalue weighted by Gasteiger charge is -2.34. The summed E-state index contributed by atoms with van der Waals surface area (Å²) in [4.78, 5) is 0. The zero-order chi connectivity index (χ0) is 35.6. The average Bonchev–Trinajstić information content (AvgIpc) is 2.97. The van der Waals surface area contributed by atoms with Crippen molar-refractivity contribution in [2.24, 2.45) is 11.8 Å². The second-order valence-corrected chi connectivity index (χ2v) is 18.3. The van der Waals surface area contributed by atoms with E-state index in [1.807, 2.05) is 0 Å². The number of ether oxygens (including phenoxy) is 2. The van der Waals surface area contributed by atoms with Crippen LogP contribution in [-0.4, -0.2) is 41.5 Å². The summed E-state index contributed by atoms with van der Waals surface area (Å²) in [6, 6.07) is 10.1. The number of aryl methyl sites for hydroxylation is 1. The first-order valence-corrected chi connectivity index (χ1v) is 18.7. The maximum absolute atomic E-state index is 6.78. The minimum Gasteiger partial charge on any atom is -0.503 e. The molecule has 2 aromatic carbocycles. The summed E-state index contributed by atoms with van der Waals surface area (Å²) in [5, 5.41) is 0. The average molecular weight is 657 g/mol. The molecule has 0 heterocycles. The van der Waals surface area contributed by atoms with E-state index in [0.717, 1.165) is 28.2 Å². The smallest absolute Gasteiger partial charge is 0.210 e. The molecular formula is C44H68N2O2. The van der Waals surface area contributed by atoms with Crippen molar-refractivity contribution < 1.29 is 18.6 Å². The lowest BCUT2D eigenvalue weighted by atomic mass is 9.78. The molecule has 4 rings (SSSR count). The number of benzene rings is 2. The fourth-order valence-electron chi connectivity index (χ4n) is 7.70. The first-order chi connectivity index (χ1) is 22.3. The molecule has 266 valence electrons. The van der Waals surface area contributed by atoms with Crippen molar-refractivity contribution in [2.45, 2.75) is 163 Å². The second-order valence-electron chi connectivity index (χ2n) is 18.3.